The summed E-state index contributed by atoms with van der Waals surface area (Å²) in [6.45, 7) is 12.0. The standard InChI is InChI=1S/C18H31NO/c1-7-20-16-10-8-9-15(12-16)17(19-6)11-14(2)13-18(3,4)5/h8-10,12,14,17,19H,7,11,13H2,1-6H3. The van der Waals surface area contributed by atoms with Gasteiger partial charge in [0.15, 0.2) is 0 Å². The SMILES string of the molecule is CCOc1cccc(C(CC(C)CC(C)(C)C)NC)c1. The van der Waals surface area contributed by atoms with E-state index < -0.39 is 0 Å². The number of benzene rings is 1. The van der Waals surface area contributed by atoms with E-state index in [0.29, 0.717) is 24.0 Å². The second-order valence-corrected chi connectivity index (χ2v) is 6.95. The molecule has 0 bridgehead atoms. The Balaban J connectivity index is 2.72. The van der Waals surface area contributed by atoms with Crippen molar-refractivity contribution in [2.24, 2.45) is 11.3 Å². The molecule has 0 heterocycles. The van der Waals surface area contributed by atoms with Crippen LogP contribution in [0.3, 0.4) is 0 Å². The minimum atomic E-state index is 0.394. The molecule has 0 fully saturated rings. The Hall–Kier alpha value is -1.02. The van der Waals surface area contributed by atoms with E-state index in [9.17, 15) is 0 Å². The molecule has 0 amide bonds. The molecule has 0 spiro atoms. The van der Waals surface area contributed by atoms with Crippen LogP contribution in [0.2, 0.25) is 0 Å². The van der Waals surface area contributed by atoms with Gasteiger partial charge >= 0.3 is 0 Å². The maximum absolute atomic E-state index is 5.60. The number of ether oxygens (including phenoxy) is 1. The first-order chi connectivity index (χ1) is 9.35. The lowest BCUT2D eigenvalue weighted by molar-refractivity contribution is 0.278. The van der Waals surface area contributed by atoms with Crippen molar-refractivity contribution in [1.82, 2.24) is 5.32 Å². The van der Waals surface area contributed by atoms with Crippen molar-refractivity contribution in [3.05, 3.63) is 29.8 Å². The summed E-state index contributed by atoms with van der Waals surface area (Å²) in [4.78, 5) is 0. The average Bonchev–Trinajstić information content (AvgIpc) is 2.34. The summed E-state index contributed by atoms with van der Waals surface area (Å²) in [6.07, 6.45) is 2.40. The minimum absolute atomic E-state index is 0.394. The van der Waals surface area contributed by atoms with Crippen LogP contribution < -0.4 is 10.1 Å². The van der Waals surface area contributed by atoms with E-state index in [-0.39, 0.29) is 0 Å². The zero-order valence-corrected chi connectivity index (χ0v) is 14.0. The third-order valence-corrected chi connectivity index (χ3v) is 3.52. The van der Waals surface area contributed by atoms with Crippen LogP contribution in [0.25, 0.3) is 0 Å². The van der Waals surface area contributed by atoms with Crippen molar-refractivity contribution in [3.63, 3.8) is 0 Å². The molecule has 0 saturated heterocycles. The van der Waals surface area contributed by atoms with Crippen molar-refractivity contribution in [2.75, 3.05) is 13.7 Å². The predicted octanol–water partition coefficient (Wildman–Crippen LogP) is 4.81. The molecule has 1 rings (SSSR count). The van der Waals surface area contributed by atoms with E-state index in [1.807, 2.05) is 20.0 Å². The summed E-state index contributed by atoms with van der Waals surface area (Å²) in [5.41, 5.74) is 1.71. The molecule has 20 heavy (non-hydrogen) atoms. The first kappa shape index (κ1) is 17.0. The van der Waals surface area contributed by atoms with Gasteiger partial charge in [-0.2, -0.15) is 0 Å². The second-order valence-electron chi connectivity index (χ2n) is 6.95. The van der Waals surface area contributed by atoms with Crippen molar-refractivity contribution in [2.45, 2.75) is 53.5 Å². The van der Waals surface area contributed by atoms with E-state index in [2.05, 4.69) is 51.2 Å². The van der Waals surface area contributed by atoms with Crippen LogP contribution in [-0.2, 0) is 0 Å². The zero-order chi connectivity index (χ0) is 15.2. The van der Waals surface area contributed by atoms with Crippen LogP contribution in [0, 0.1) is 11.3 Å². The molecule has 0 aromatic heterocycles. The number of hydrogen-bond acceptors (Lipinski definition) is 2. The Bertz CT molecular complexity index is 395. The molecule has 2 heteroatoms. The van der Waals surface area contributed by atoms with Gasteiger partial charge < -0.3 is 10.1 Å². The van der Waals surface area contributed by atoms with Crippen LogP contribution in [0.1, 0.15) is 59.1 Å². The van der Waals surface area contributed by atoms with Gasteiger partial charge in [-0.1, -0.05) is 39.8 Å². The van der Waals surface area contributed by atoms with Gasteiger partial charge in [-0.25, -0.2) is 0 Å². The Labute approximate surface area is 124 Å². The zero-order valence-electron chi connectivity index (χ0n) is 14.0. The van der Waals surface area contributed by atoms with Gasteiger partial charge in [0.05, 0.1) is 6.61 Å². The topological polar surface area (TPSA) is 21.3 Å². The van der Waals surface area contributed by atoms with E-state index in [0.717, 1.165) is 12.2 Å². The molecule has 0 aliphatic heterocycles. The maximum atomic E-state index is 5.60. The quantitative estimate of drug-likeness (QED) is 0.772. The lowest BCUT2D eigenvalue weighted by atomic mass is 9.82. The third kappa shape index (κ3) is 5.96. The van der Waals surface area contributed by atoms with E-state index in [1.165, 1.54) is 12.0 Å². The van der Waals surface area contributed by atoms with Crippen LogP contribution >= 0.6 is 0 Å². The molecule has 0 aliphatic carbocycles. The van der Waals surface area contributed by atoms with Crippen molar-refractivity contribution < 1.29 is 4.74 Å². The highest BCUT2D eigenvalue weighted by atomic mass is 16.5. The van der Waals surface area contributed by atoms with Gasteiger partial charge in [-0.05, 0) is 55.8 Å². The highest BCUT2D eigenvalue weighted by Crippen LogP contribution is 2.31. The van der Waals surface area contributed by atoms with Crippen LogP contribution in [0.4, 0.5) is 0 Å². The molecule has 0 saturated carbocycles. The summed E-state index contributed by atoms with van der Waals surface area (Å²) < 4.78 is 5.60. The van der Waals surface area contributed by atoms with Crippen LogP contribution in [0.5, 0.6) is 5.75 Å². The van der Waals surface area contributed by atoms with Gasteiger partial charge in [0.25, 0.3) is 0 Å². The summed E-state index contributed by atoms with van der Waals surface area (Å²) >= 11 is 0. The normalized spacial score (nSPS) is 14.9. The molecule has 2 unspecified atom stereocenters. The Morgan fingerprint density at radius 3 is 2.50 bits per heavy atom. The fraction of sp³-hybridized carbons (Fsp3) is 0.667. The summed E-state index contributed by atoms with van der Waals surface area (Å²) in [6, 6.07) is 8.85. The van der Waals surface area contributed by atoms with Gasteiger partial charge in [0.2, 0.25) is 0 Å². The first-order valence-corrected chi connectivity index (χ1v) is 7.75. The molecule has 1 N–H and O–H groups in total. The summed E-state index contributed by atoms with van der Waals surface area (Å²) in [5.74, 6) is 1.66. The lowest BCUT2D eigenvalue weighted by Gasteiger charge is -2.27. The molecule has 0 aliphatic rings. The Morgan fingerprint density at radius 1 is 1.25 bits per heavy atom. The van der Waals surface area contributed by atoms with Crippen LogP contribution in [-0.4, -0.2) is 13.7 Å². The van der Waals surface area contributed by atoms with Crippen molar-refractivity contribution in [1.29, 1.82) is 0 Å². The van der Waals surface area contributed by atoms with Gasteiger partial charge in [-0.15, -0.1) is 0 Å². The maximum Gasteiger partial charge on any atom is 0.119 e. The van der Waals surface area contributed by atoms with E-state index >= 15 is 0 Å². The van der Waals surface area contributed by atoms with E-state index in [4.69, 9.17) is 4.74 Å². The number of rotatable bonds is 7. The van der Waals surface area contributed by atoms with Gasteiger partial charge in [-0.3, -0.25) is 0 Å². The van der Waals surface area contributed by atoms with Gasteiger partial charge in [0, 0.05) is 6.04 Å². The summed E-state index contributed by atoms with van der Waals surface area (Å²) in [5, 5.41) is 3.45. The Kier molecular flexibility index (Phi) is 6.54. The number of hydrogen-bond donors (Lipinski definition) is 1. The molecule has 114 valence electrons. The summed E-state index contributed by atoms with van der Waals surface area (Å²) in [7, 11) is 2.04. The molecular formula is C18H31NO. The molecule has 0 radical (unpaired) electrons. The van der Waals surface area contributed by atoms with Crippen molar-refractivity contribution >= 4 is 0 Å². The van der Waals surface area contributed by atoms with E-state index in [1.54, 1.807) is 0 Å². The predicted molar refractivity (Wildman–Crippen MR) is 87.3 cm³/mol. The van der Waals surface area contributed by atoms with Crippen LogP contribution in [0.15, 0.2) is 24.3 Å². The second kappa shape index (κ2) is 7.68. The Morgan fingerprint density at radius 2 is 1.95 bits per heavy atom. The fourth-order valence-electron chi connectivity index (χ4n) is 2.94. The molecule has 1 aromatic carbocycles. The minimum Gasteiger partial charge on any atom is -0.494 e. The molecule has 1 aromatic rings. The highest BCUT2D eigenvalue weighted by Gasteiger charge is 2.19. The number of nitrogens with one attached hydrogen (secondary N) is 1. The molecular weight excluding hydrogens is 246 g/mol. The fourth-order valence-corrected chi connectivity index (χ4v) is 2.94. The third-order valence-electron chi connectivity index (χ3n) is 3.52. The first-order valence-electron chi connectivity index (χ1n) is 7.75. The average molecular weight is 277 g/mol. The van der Waals surface area contributed by atoms with Gasteiger partial charge in [0.1, 0.15) is 5.75 Å². The smallest absolute Gasteiger partial charge is 0.119 e. The largest absolute Gasteiger partial charge is 0.494 e. The monoisotopic (exact) mass is 277 g/mol. The van der Waals surface area contributed by atoms with Crippen molar-refractivity contribution in [3.8, 4) is 5.75 Å². The lowest BCUT2D eigenvalue weighted by Crippen LogP contribution is -2.21. The molecule has 2 nitrogen and oxygen atoms in total. The highest BCUT2D eigenvalue weighted by molar-refractivity contribution is 5.30. The molecule has 2 atom stereocenters.